The molecule has 0 aliphatic carbocycles. The fourth-order valence-electron chi connectivity index (χ4n) is 2.39. The maximum absolute atomic E-state index is 13.2. The van der Waals surface area contributed by atoms with Crippen molar-refractivity contribution < 1.29 is 13.9 Å². The molecule has 0 unspecified atom stereocenters. The lowest BCUT2D eigenvalue weighted by atomic mass is 10.2. The number of hydrogen-bond donors (Lipinski definition) is 2. The number of nitrogen functional groups attached to an aromatic ring is 1. The number of nitrogens with two attached hydrogens (primary N) is 1. The monoisotopic (exact) mass is 470 g/mol. The lowest BCUT2D eigenvalue weighted by molar-refractivity contribution is 0.267. The SMILES string of the molecule is CCOc1cc(CNn2nnnc2N)cc(Br)c1OCc1ccc(F)cc1Cl. The highest BCUT2D eigenvalue weighted by Crippen LogP contribution is 2.38. The van der Waals surface area contributed by atoms with E-state index in [1.165, 1.54) is 16.9 Å². The van der Waals surface area contributed by atoms with Gasteiger partial charge in [0, 0.05) is 5.56 Å². The average molecular weight is 472 g/mol. The summed E-state index contributed by atoms with van der Waals surface area (Å²) in [6, 6.07) is 7.88. The molecule has 0 aliphatic heterocycles. The zero-order valence-electron chi connectivity index (χ0n) is 14.8. The molecular weight excluding hydrogens is 455 g/mol. The van der Waals surface area contributed by atoms with Gasteiger partial charge in [0.1, 0.15) is 12.4 Å². The Bertz CT molecular complexity index is 971. The first-order valence-corrected chi connectivity index (χ1v) is 9.44. The first-order valence-electron chi connectivity index (χ1n) is 8.27. The van der Waals surface area contributed by atoms with E-state index in [2.05, 4.69) is 36.9 Å². The van der Waals surface area contributed by atoms with E-state index in [1.807, 2.05) is 19.1 Å². The molecule has 0 saturated heterocycles. The number of benzene rings is 2. The van der Waals surface area contributed by atoms with Gasteiger partial charge in [-0.25, -0.2) is 4.39 Å². The van der Waals surface area contributed by atoms with Gasteiger partial charge in [0.15, 0.2) is 11.5 Å². The van der Waals surface area contributed by atoms with Crippen molar-refractivity contribution in [2.24, 2.45) is 0 Å². The Morgan fingerprint density at radius 2 is 2.11 bits per heavy atom. The number of rotatable bonds is 8. The van der Waals surface area contributed by atoms with Crippen molar-refractivity contribution >= 4 is 33.5 Å². The molecule has 0 radical (unpaired) electrons. The molecule has 0 atom stereocenters. The summed E-state index contributed by atoms with van der Waals surface area (Å²) in [4.78, 5) is 1.27. The van der Waals surface area contributed by atoms with Crippen LogP contribution in [0.1, 0.15) is 18.1 Å². The van der Waals surface area contributed by atoms with Gasteiger partial charge in [0.2, 0.25) is 0 Å². The maximum Gasteiger partial charge on any atom is 0.260 e. The van der Waals surface area contributed by atoms with Crippen LogP contribution in [-0.2, 0) is 13.2 Å². The van der Waals surface area contributed by atoms with E-state index in [4.69, 9.17) is 26.8 Å². The first kappa shape index (κ1) is 20.2. The Kier molecular flexibility index (Phi) is 6.53. The second-order valence-corrected chi connectivity index (χ2v) is 6.91. The summed E-state index contributed by atoms with van der Waals surface area (Å²) in [7, 11) is 0. The zero-order chi connectivity index (χ0) is 20.1. The molecule has 0 bridgehead atoms. The van der Waals surface area contributed by atoms with Crippen molar-refractivity contribution in [3.05, 3.63) is 56.8 Å². The molecule has 11 heteroatoms. The van der Waals surface area contributed by atoms with E-state index in [0.29, 0.717) is 39.7 Å². The Hall–Kier alpha value is -2.59. The molecule has 0 saturated carbocycles. The number of ether oxygens (including phenoxy) is 2. The number of nitrogens with zero attached hydrogens (tertiary/aromatic N) is 4. The van der Waals surface area contributed by atoms with Crippen molar-refractivity contribution in [3.63, 3.8) is 0 Å². The number of aromatic nitrogens is 4. The highest BCUT2D eigenvalue weighted by molar-refractivity contribution is 9.10. The third kappa shape index (κ3) is 4.82. The molecule has 28 heavy (non-hydrogen) atoms. The number of tetrazole rings is 1. The van der Waals surface area contributed by atoms with Gasteiger partial charge in [-0.2, -0.15) is 0 Å². The predicted octanol–water partition coefficient (Wildman–Crippen LogP) is 3.53. The highest BCUT2D eigenvalue weighted by atomic mass is 79.9. The quantitative estimate of drug-likeness (QED) is 0.518. The number of hydrogen-bond acceptors (Lipinski definition) is 7. The van der Waals surface area contributed by atoms with Crippen LogP contribution >= 0.6 is 27.5 Å². The van der Waals surface area contributed by atoms with Gasteiger partial charge in [0.25, 0.3) is 5.95 Å². The molecule has 0 spiro atoms. The van der Waals surface area contributed by atoms with Crippen LogP contribution in [0, 0.1) is 5.82 Å². The van der Waals surface area contributed by atoms with Crippen LogP contribution in [0.4, 0.5) is 10.3 Å². The van der Waals surface area contributed by atoms with Gasteiger partial charge >= 0.3 is 0 Å². The molecule has 2 aromatic carbocycles. The standard InChI is InChI=1S/C17H17BrClFN6O2/c1-2-27-15-6-10(8-22-26-17(21)23-24-25-26)5-13(18)16(15)28-9-11-3-4-12(20)7-14(11)19/h3-7,22H,2,8-9H2,1H3,(H2,21,23,25). The van der Waals surface area contributed by atoms with Crippen LogP contribution in [0.15, 0.2) is 34.8 Å². The Morgan fingerprint density at radius 1 is 1.29 bits per heavy atom. The van der Waals surface area contributed by atoms with Crippen LogP contribution in [0.5, 0.6) is 11.5 Å². The molecule has 3 N–H and O–H groups in total. The molecule has 3 rings (SSSR count). The van der Waals surface area contributed by atoms with Crippen molar-refractivity contribution in [1.29, 1.82) is 0 Å². The lowest BCUT2D eigenvalue weighted by Crippen LogP contribution is -2.18. The third-order valence-corrected chi connectivity index (χ3v) is 4.62. The van der Waals surface area contributed by atoms with Gasteiger partial charge in [-0.15, -0.1) is 4.79 Å². The molecule has 0 fully saturated rings. The highest BCUT2D eigenvalue weighted by Gasteiger charge is 2.14. The van der Waals surface area contributed by atoms with E-state index < -0.39 is 5.82 Å². The second-order valence-electron chi connectivity index (χ2n) is 5.65. The average Bonchev–Trinajstić information content (AvgIpc) is 3.06. The Morgan fingerprint density at radius 3 is 2.79 bits per heavy atom. The molecule has 8 nitrogen and oxygen atoms in total. The fourth-order valence-corrected chi connectivity index (χ4v) is 3.21. The summed E-state index contributed by atoms with van der Waals surface area (Å²) < 4.78 is 25.5. The van der Waals surface area contributed by atoms with Crippen molar-refractivity contribution in [3.8, 4) is 11.5 Å². The molecule has 1 aromatic heterocycles. The Balaban J connectivity index is 1.77. The van der Waals surface area contributed by atoms with Crippen molar-refractivity contribution in [1.82, 2.24) is 20.3 Å². The summed E-state index contributed by atoms with van der Waals surface area (Å²) in [5.41, 5.74) is 10.2. The third-order valence-electron chi connectivity index (χ3n) is 3.68. The van der Waals surface area contributed by atoms with Crippen LogP contribution in [0.25, 0.3) is 0 Å². The zero-order valence-corrected chi connectivity index (χ0v) is 17.2. The summed E-state index contributed by atoms with van der Waals surface area (Å²) in [6.45, 7) is 2.90. The molecule has 148 valence electrons. The van der Waals surface area contributed by atoms with E-state index in [0.717, 1.165) is 5.56 Å². The largest absolute Gasteiger partial charge is 0.490 e. The summed E-state index contributed by atoms with van der Waals surface area (Å²) in [5, 5.41) is 11.1. The number of anilines is 1. The topological polar surface area (TPSA) is 100 Å². The normalized spacial score (nSPS) is 10.7. The minimum Gasteiger partial charge on any atom is -0.490 e. The van der Waals surface area contributed by atoms with Gasteiger partial charge in [-0.1, -0.05) is 22.8 Å². The lowest BCUT2D eigenvalue weighted by Gasteiger charge is -2.16. The fraction of sp³-hybridized carbons (Fsp3) is 0.235. The van der Waals surface area contributed by atoms with Gasteiger partial charge < -0.3 is 20.6 Å². The predicted molar refractivity (Wildman–Crippen MR) is 106 cm³/mol. The van der Waals surface area contributed by atoms with E-state index >= 15 is 0 Å². The van der Waals surface area contributed by atoms with Crippen molar-refractivity contribution in [2.75, 3.05) is 17.8 Å². The van der Waals surface area contributed by atoms with E-state index in [-0.39, 0.29) is 12.6 Å². The molecule has 1 heterocycles. The summed E-state index contributed by atoms with van der Waals surface area (Å²) in [5.74, 6) is 0.828. The second kappa shape index (κ2) is 9.07. The molecule has 0 amide bonds. The van der Waals surface area contributed by atoms with Crippen LogP contribution < -0.4 is 20.6 Å². The van der Waals surface area contributed by atoms with Crippen LogP contribution in [0.2, 0.25) is 5.02 Å². The maximum atomic E-state index is 13.2. The molecule has 3 aromatic rings. The molecule has 0 aliphatic rings. The number of halogens is 3. The summed E-state index contributed by atoms with van der Waals surface area (Å²) in [6.07, 6.45) is 0. The Labute approximate surface area is 173 Å². The van der Waals surface area contributed by atoms with Crippen LogP contribution in [-0.4, -0.2) is 26.9 Å². The van der Waals surface area contributed by atoms with E-state index in [9.17, 15) is 4.39 Å². The van der Waals surface area contributed by atoms with Gasteiger partial charge in [-0.3, -0.25) is 0 Å². The van der Waals surface area contributed by atoms with E-state index in [1.54, 1.807) is 6.07 Å². The minimum atomic E-state index is -0.398. The van der Waals surface area contributed by atoms with Crippen molar-refractivity contribution in [2.45, 2.75) is 20.1 Å². The molecular formula is C17H17BrClFN6O2. The van der Waals surface area contributed by atoms with Gasteiger partial charge in [0.05, 0.1) is 22.6 Å². The first-order chi connectivity index (χ1) is 13.5. The number of nitrogens with one attached hydrogen (secondary N) is 1. The smallest absolute Gasteiger partial charge is 0.260 e. The van der Waals surface area contributed by atoms with Crippen LogP contribution in [0.3, 0.4) is 0 Å². The van der Waals surface area contributed by atoms with Gasteiger partial charge in [-0.05, 0) is 63.1 Å². The summed E-state index contributed by atoms with van der Waals surface area (Å²) >= 11 is 9.57. The minimum absolute atomic E-state index is 0.153.